The van der Waals surface area contributed by atoms with Crippen molar-refractivity contribution in [3.8, 4) is 5.75 Å². The maximum Gasteiger partial charge on any atom is 0.287 e. The molecular formula is C20H21N3O3S. The van der Waals surface area contributed by atoms with Crippen molar-refractivity contribution < 1.29 is 13.9 Å². The van der Waals surface area contributed by atoms with Crippen LogP contribution in [0.1, 0.15) is 30.0 Å². The lowest BCUT2D eigenvalue weighted by molar-refractivity contribution is -0.122. The van der Waals surface area contributed by atoms with Crippen LogP contribution in [0.25, 0.3) is 0 Å². The monoisotopic (exact) mass is 383 g/mol. The molecule has 3 rings (SSSR count). The summed E-state index contributed by atoms with van der Waals surface area (Å²) in [5.41, 5.74) is 2.05. The highest BCUT2D eigenvalue weighted by Gasteiger charge is 2.13. The van der Waals surface area contributed by atoms with Crippen molar-refractivity contribution in [2.45, 2.75) is 33.0 Å². The summed E-state index contributed by atoms with van der Waals surface area (Å²) in [7, 11) is 0. The molecule has 0 saturated carbocycles. The number of amides is 1. The number of hydrogen-bond acceptors (Lipinski definition) is 5. The van der Waals surface area contributed by atoms with Crippen molar-refractivity contribution in [3.63, 3.8) is 0 Å². The standard InChI is InChI=1S/C20H21N3O3S/c1-14-8-6-7-11-17(14)25-13-19-22-23(20(27)26-19)12-18(24)21-15(2)16-9-4-3-5-10-16/h3-11,15H,12-13H2,1-2H3,(H,21,24)/t15-/m1/s1. The highest BCUT2D eigenvalue weighted by Crippen LogP contribution is 2.17. The SMILES string of the molecule is Cc1ccccc1OCc1nn(CC(=O)N[C@H](C)c2ccccc2)c(=S)o1. The van der Waals surface area contributed by atoms with E-state index in [1.165, 1.54) is 4.68 Å². The number of nitrogens with one attached hydrogen (secondary N) is 1. The smallest absolute Gasteiger partial charge is 0.287 e. The van der Waals surface area contributed by atoms with E-state index in [1.54, 1.807) is 0 Å². The fourth-order valence-electron chi connectivity index (χ4n) is 2.61. The van der Waals surface area contributed by atoms with Crippen LogP contribution in [0.4, 0.5) is 0 Å². The minimum Gasteiger partial charge on any atom is -0.484 e. The Morgan fingerprint density at radius 3 is 2.67 bits per heavy atom. The molecule has 0 radical (unpaired) electrons. The summed E-state index contributed by atoms with van der Waals surface area (Å²) in [6.07, 6.45) is 0. The van der Waals surface area contributed by atoms with Crippen LogP contribution in [-0.2, 0) is 17.9 Å². The van der Waals surface area contributed by atoms with Crippen molar-refractivity contribution in [2.24, 2.45) is 0 Å². The molecule has 0 aliphatic heterocycles. The Morgan fingerprint density at radius 2 is 1.93 bits per heavy atom. The van der Waals surface area contributed by atoms with Crippen LogP contribution < -0.4 is 10.1 Å². The Labute approximate surface area is 162 Å². The zero-order valence-electron chi connectivity index (χ0n) is 15.2. The molecule has 27 heavy (non-hydrogen) atoms. The van der Waals surface area contributed by atoms with Gasteiger partial charge in [-0.15, -0.1) is 5.10 Å². The van der Waals surface area contributed by atoms with Crippen LogP contribution in [0, 0.1) is 11.8 Å². The fraction of sp³-hybridized carbons (Fsp3) is 0.250. The van der Waals surface area contributed by atoms with E-state index in [1.807, 2.05) is 68.4 Å². The Bertz CT molecular complexity index is 966. The number of nitrogens with zero attached hydrogens (tertiary/aromatic N) is 2. The van der Waals surface area contributed by atoms with Crippen LogP contribution in [-0.4, -0.2) is 15.7 Å². The maximum atomic E-state index is 12.3. The van der Waals surface area contributed by atoms with E-state index in [9.17, 15) is 4.79 Å². The number of carbonyl (C=O) groups is 1. The molecule has 0 spiro atoms. The third-order valence-electron chi connectivity index (χ3n) is 4.06. The summed E-state index contributed by atoms with van der Waals surface area (Å²) in [6, 6.07) is 17.3. The van der Waals surface area contributed by atoms with Crippen molar-refractivity contribution in [1.29, 1.82) is 0 Å². The molecule has 0 unspecified atom stereocenters. The molecule has 1 atom stereocenters. The second-order valence-corrected chi connectivity index (χ2v) is 6.52. The summed E-state index contributed by atoms with van der Waals surface area (Å²) in [5.74, 6) is 0.886. The van der Waals surface area contributed by atoms with Gasteiger partial charge in [0, 0.05) is 0 Å². The number of rotatable bonds is 7. The minimum atomic E-state index is -0.192. The zero-order valence-corrected chi connectivity index (χ0v) is 16.0. The van der Waals surface area contributed by atoms with Gasteiger partial charge in [-0.25, -0.2) is 4.68 Å². The zero-order chi connectivity index (χ0) is 19.2. The van der Waals surface area contributed by atoms with Gasteiger partial charge in [0.15, 0.2) is 6.61 Å². The number of carbonyl (C=O) groups excluding carboxylic acids is 1. The molecule has 1 N–H and O–H groups in total. The van der Waals surface area contributed by atoms with E-state index < -0.39 is 0 Å². The molecule has 0 saturated heterocycles. The van der Waals surface area contributed by atoms with E-state index in [4.69, 9.17) is 21.4 Å². The first-order valence-corrected chi connectivity index (χ1v) is 9.03. The largest absolute Gasteiger partial charge is 0.484 e. The van der Waals surface area contributed by atoms with Gasteiger partial charge in [0.05, 0.1) is 6.04 Å². The Morgan fingerprint density at radius 1 is 1.22 bits per heavy atom. The highest BCUT2D eigenvalue weighted by atomic mass is 32.1. The Hall–Kier alpha value is -2.93. The predicted molar refractivity (Wildman–Crippen MR) is 104 cm³/mol. The average Bonchev–Trinajstić information content (AvgIpc) is 3.01. The molecule has 140 valence electrons. The lowest BCUT2D eigenvalue weighted by atomic mass is 10.1. The molecule has 1 heterocycles. The lowest BCUT2D eigenvalue weighted by Crippen LogP contribution is -2.30. The highest BCUT2D eigenvalue weighted by molar-refractivity contribution is 7.71. The molecule has 3 aromatic rings. The van der Waals surface area contributed by atoms with E-state index >= 15 is 0 Å². The van der Waals surface area contributed by atoms with Crippen LogP contribution in [0.15, 0.2) is 59.0 Å². The number of hydrogen-bond donors (Lipinski definition) is 1. The molecule has 0 aliphatic rings. The van der Waals surface area contributed by atoms with Crippen LogP contribution in [0.5, 0.6) is 5.75 Å². The van der Waals surface area contributed by atoms with Gasteiger partial charge in [-0.2, -0.15) is 0 Å². The quantitative estimate of drug-likeness (QED) is 0.625. The Balaban J connectivity index is 1.58. The van der Waals surface area contributed by atoms with Crippen molar-refractivity contribution in [2.75, 3.05) is 0 Å². The number of ether oxygens (including phenoxy) is 1. The molecule has 0 aliphatic carbocycles. The average molecular weight is 383 g/mol. The van der Waals surface area contributed by atoms with Gasteiger partial charge in [0.2, 0.25) is 5.91 Å². The third kappa shape index (κ3) is 5.04. The van der Waals surface area contributed by atoms with Crippen LogP contribution in [0.2, 0.25) is 0 Å². The van der Waals surface area contributed by atoms with Crippen LogP contribution >= 0.6 is 12.2 Å². The van der Waals surface area contributed by atoms with Gasteiger partial charge >= 0.3 is 0 Å². The molecule has 6 nitrogen and oxygen atoms in total. The second-order valence-electron chi connectivity index (χ2n) is 6.17. The van der Waals surface area contributed by atoms with E-state index in [0.29, 0.717) is 5.89 Å². The molecule has 1 amide bonds. The van der Waals surface area contributed by atoms with E-state index in [0.717, 1.165) is 16.9 Å². The molecule has 0 fully saturated rings. The first kappa shape index (κ1) is 18.8. The van der Waals surface area contributed by atoms with Crippen molar-refractivity contribution in [1.82, 2.24) is 15.1 Å². The van der Waals surface area contributed by atoms with E-state index in [2.05, 4.69) is 10.4 Å². The van der Waals surface area contributed by atoms with Gasteiger partial charge in [-0.05, 0) is 43.3 Å². The molecule has 1 aromatic heterocycles. The molecular weight excluding hydrogens is 362 g/mol. The van der Waals surface area contributed by atoms with Gasteiger partial charge in [-0.3, -0.25) is 4.79 Å². The normalized spacial score (nSPS) is 11.8. The van der Waals surface area contributed by atoms with Crippen LogP contribution in [0.3, 0.4) is 0 Å². The topological polar surface area (TPSA) is 69.3 Å². The molecule has 2 aromatic carbocycles. The first-order chi connectivity index (χ1) is 13.0. The number of para-hydroxylation sites is 1. The second kappa shape index (κ2) is 8.64. The van der Waals surface area contributed by atoms with Gasteiger partial charge < -0.3 is 14.5 Å². The summed E-state index contributed by atoms with van der Waals surface area (Å²) < 4.78 is 12.5. The fourth-order valence-corrected chi connectivity index (χ4v) is 2.82. The summed E-state index contributed by atoms with van der Waals surface area (Å²) in [4.78, 5) is 12.4. The van der Waals surface area contributed by atoms with E-state index in [-0.39, 0.29) is 29.9 Å². The predicted octanol–water partition coefficient (Wildman–Crippen LogP) is 3.97. The number of benzene rings is 2. The van der Waals surface area contributed by atoms with Crippen molar-refractivity contribution in [3.05, 3.63) is 76.5 Å². The summed E-state index contributed by atoms with van der Waals surface area (Å²) in [5, 5.41) is 7.16. The lowest BCUT2D eigenvalue weighted by Gasteiger charge is -2.13. The third-order valence-corrected chi connectivity index (χ3v) is 4.36. The molecule has 0 bridgehead atoms. The number of aromatic nitrogens is 2. The van der Waals surface area contributed by atoms with Gasteiger partial charge in [-0.1, -0.05) is 48.5 Å². The minimum absolute atomic E-state index is 0.0100. The maximum absolute atomic E-state index is 12.3. The summed E-state index contributed by atoms with van der Waals surface area (Å²) >= 11 is 5.15. The number of aryl methyl sites for hydroxylation is 1. The molecule has 7 heteroatoms. The van der Waals surface area contributed by atoms with Crippen molar-refractivity contribution >= 4 is 18.1 Å². The first-order valence-electron chi connectivity index (χ1n) is 8.62. The van der Waals surface area contributed by atoms with Gasteiger partial charge in [0.1, 0.15) is 12.3 Å². The summed E-state index contributed by atoms with van der Waals surface area (Å²) in [6.45, 7) is 4.02. The van der Waals surface area contributed by atoms with Gasteiger partial charge in [0.25, 0.3) is 10.7 Å². The Kier molecular flexibility index (Phi) is 6.03.